The van der Waals surface area contributed by atoms with Crippen molar-refractivity contribution in [3.05, 3.63) is 56.7 Å². The van der Waals surface area contributed by atoms with Gasteiger partial charge < -0.3 is 11.1 Å². The lowest BCUT2D eigenvalue weighted by atomic mass is 9.96. The van der Waals surface area contributed by atoms with Crippen molar-refractivity contribution in [3.8, 4) is 0 Å². The van der Waals surface area contributed by atoms with Crippen LogP contribution in [-0.4, -0.2) is 11.8 Å². The van der Waals surface area contributed by atoms with Crippen LogP contribution in [0, 0.1) is 5.82 Å². The molecule has 1 heterocycles. The monoisotopic (exact) mass is 406 g/mol. The summed E-state index contributed by atoms with van der Waals surface area (Å²) in [5.41, 5.74) is 7.09. The third-order valence-electron chi connectivity index (χ3n) is 4.56. The number of anilines is 1. The Morgan fingerprint density at radius 2 is 1.93 bits per heavy atom. The molecule has 0 unspecified atom stereocenters. The number of primary amides is 1. The fourth-order valence-corrected chi connectivity index (χ4v) is 4.77. The van der Waals surface area contributed by atoms with Gasteiger partial charge in [-0.25, -0.2) is 4.39 Å². The molecule has 1 aromatic carbocycles. The molecule has 0 radical (unpaired) electrons. The van der Waals surface area contributed by atoms with Crippen molar-refractivity contribution in [3.63, 3.8) is 0 Å². The summed E-state index contributed by atoms with van der Waals surface area (Å²) >= 11 is 7.36. The molecule has 7 heteroatoms. The molecule has 0 aliphatic heterocycles. The highest BCUT2D eigenvalue weighted by Gasteiger charge is 2.23. The highest BCUT2D eigenvalue weighted by Crippen LogP contribution is 2.36. The standard InChI is InChI=1S/C20H20ClFN2O2S/c21-14-7-5-8-15(22)12(14)10-11-17(25)24-20-18(19(23)26)13-6-3-1-2-4-9-16(13)27-20/h5,7-8,10-11H,1-4,6,9H2,(H2,23,26)(H,24,25)/b11-10-. The Bertz CT molecular complexity index is 887. The van der Waals surface area contributed by atoms with Crippen molar-refractivity contribution in [1.29, 1.82) is 0 Å². The van der Waals surface area contributed by atoms with Gasteiger partial charge in [0.15, 0.2) is 0 Å². The van der Waals surface area contributed by atoms with Crippen molar-refractivity contribution in [2.24, 2.45) is 5.73 Å². The quantitative estimate of drug-likeness (QED) is 0.705. The molecule has 0 spiro atoms. The van der Waals surface area contributed by atoms with E-state index >= 15 is 0 Å². The summed E-state index contributed by atoms with van der Waals surface area (Å²) in [6.45, 7) is 0. The minimum absolute atomic E-state index is 0.142. The van der Waals surface area contributed by atoms with Gasteiger partial charge in [0.1, 0.15) is 10.8 Å². The first kappa shape index (κ1) is 19.6. The number of hydrogen-bond donors (Lipinski definition) is 2. The molecule has 1 aromatic heterocycles. The average molecular weight is 407 g/mol. The van der Waals surface area contributed by atoms with E-state index in [1.54, 1.807) is 6.07 Å². The lowest BCUT2D eigenvalue weighted by molar-refractivity contribution is -0.111. The zero-order valence-electron chi connectivity index (χ0n) is 14.7. The molecule has 27 heavy (non-hydrogen) atoms. The van der Waals surface area contributed by atoms with E-state index in [4.69, 9.17) is 17.3 Å². The number of nitrogens with two attached hydrogens (primary N) is 1. The van der Waals surface area contributed by atoms with Crippen LogP contribution in [0.2, 0.25) is 5.02 Å². The Morgan fingerprint density at radius 1 is 1.19 bits per heavy atom. The number of aryl methyl sites for hydroxylation is 1. The van der Waals surface area contributed by atoms with Crippen LogP contribution >= 0.6 is 22.9 Å². The third kappa shape index (κ3) is 4.57. The molecule has 0 atom stereocenters. The highest BCUT2D eigenvalue weighted by atomic mass is 35.5. The normalized spacial score (nSPS) is 14.4. The molecule has 2 aromatic rings. The lowest BCUT2D eigenvalue weighted by Crippen LogP contribution is -2.17. The topological polar surface area (TPSA) is 72.2 Å². The molecule has 4 nitrogen and oxygen atoms in total. The second-order valence-corrected chi connectivity index (χ2v) is 7.96. The lowest BCUT2D eigenvalue weighted by Gasteiger charge is -2.10. The van der Waals surface area contributed by atoms with Crippen LogP contribution in [0.5, 0.6) is 0 Å². The number of benzene rings is 1. The minimum Gasteiger partial charge on any atom is -0.365 e. The molecule has 2 amide bonds. The van der Waals surface area contributed by atoms with E-state index < -0.39 is 17.6 Å². The summed E-state index contributed by atoms with van der Waals surface area (Å²) in [6.07, 6.45) is 8.55. The zero-order chi connectivity index (χ0) is 19.4. The molecule has 0 saturated carbocycles. The Labute approximate surface area is 166 Å². The second-order valence-electron chi connectivity index (χ2n) is 6.44. The summed E-state index contributed by atoms with van der Waals surface area (Å²) in [4.78, 5) is 25.4. The number of nitrogens with one attached hydrogen (secondary N) is 1. The second kappa shape index (κ2) is 8.67. The Hall–Kier alpha value is -2.18. The van der Waals surface area contributed by atoms with Gasteiger partial charge in [-0.3, -0.25) is 9.59 Å². The summed E-state index contributed by atoms with van der Waals surface area (Å²) in [7, 11) is 0. The van der Waals surface area contributed by atoms with Gasteiger partial charge in [-0.05, 0) is 49.5 Å². The SMILES string of the molecule is NC(=O)c1c(NC(=O)/C=C\c2c(F)cccc2Cl)sc2c1CCCCCC2. The zero-order valence-corrected chi connectivity index (χ0v) is 16.3. The van der Waals surface area contributed by atoms with Crippen LogP contribution in [0.25, 0.3) is 6.08 Å². The number of halogens is 2. The minimum atomic E-state index is -0.537. The predicted octanol–water partition coefficient (Wildman–Crippen LogP) is 4.95. The van der Waals surface area contributed by atoms with Gasteiger partial charge in [0.25, 0.3) is 5.91 Å². The number of carbonyl (C=O) groups excluding carboxylic acids is 2. The Kier molecular flexibility index (Phi) is 6.29. The van der Waals surface area contributed by atoms with E-state index in [0.29, 0.717) is 10.6 Å². The number of carbonyl (C=O) groups is 2. The molecule has 0 saturated heterocycles. The maximum absolute atomic E-state index is 13.8. The van der Waals surface area contributed by atoms with Crippen LogP contribution < -0.4 is 11.1 Å². The molecule has 0 fully saturated rings. The Balaban J connectivity index is 1.84. The highest BCUT2D eigenvalue weighted by molar-refractivity contribution is 7.17. The summed E-state index contributed by atoms with van der Waals surface area (Å²) < 4.78 is 13.8. The summed E-state index contributed by atoms with van der Waals surface area (Å²) in [6, 6.07) is 4.32. The van der Waals surface area contributed by atoms with E-state index in [-0.39, 0.29) is 10.6 Å². The van der Waals surface area contributed by atoms with Crippen molar-refractivity contribution >= 4 is 45.8 Å². The predicted molar refractivity (Wildman–Crippen MR) is 108 cm³/mol. The van der Waals surface area contributed by atoms with Crippen molar-refractivity contribution < 1.29 is 14.0 Å². The number of hydrogen-bond acceptors (Lipinski definition) is 3. The number of thiophene rings is 1. The number of fused-ring (bicyclic) bond motifs is 1. The van der Waals surface area contributed by atoms with Crippen molar-refractivity contribution in [1.82, 2.24) is 0 Å². The van der Waals surface area contributed by atoms with Gasteiger partial charge in [-0.15, -0.1) is 11.3 Å². The van der Waals surface area contributed by atoms with Crippen molar-refractivity contribution in [2.75, 3.05) is 5.32 Å². The average Bonchev–Trinajstić information content (AvgIpc) is 2.91. The van der Waals surface area contributed by atoms with Crippen LogP contribution in [0.15, 0.2) is 24.3 Å². The van der Waals surface area contributed by atoms with E-state index in [0.717, 1.165) is 49.0 Å². The fraction of sp³-hybridized carbons (Fsp3) is 0.300. The Morgan fingerprint density at radius 3 is 2.63 bits per heavy atom. The summed E-state index contributed by atoms with van der Waals surface area (Å²) in [5, 5.41) is 3.41. The third-order valence-corrected chi connectivity index (χ3v) is 6.09. The molecule has 1 aliphatic rings. The summed E-state index contributed by atoms with van der Waals surface area (Å²) in [5.74, 6) is -1.51. The molecule has 1 aliphatic carbocycles. The van der Waals surface area contributed by atoms with Gasteiger partial charge in [-0.1, -0.05) is 30.5 Å². The van der Waals surface area contributed by atoms with E-state index in [1.165, 1.54) is 35.6 Å². The van der Waals surface area contributed by atoms with Crippen LogP contribution in [0.1, 0.15) is 52.0 Å². The first-order valence-corrected chi connectivity index (χ1v) is 10.0. The van der Waals surface area contributed by atoms with E-state index in [1.807, 2.05) is 0 Å². The fourth-order valence-electron chi connectivity index (χ4n) is 3.25. The van der Waals surface area contributed by atoms with Crippen LogP contribution in [0.4, 0.5) is 9.39 Å². The maximum Gasteiger partial charge on any atom is 0.251 e. The smallest absolute Gasteiger partial charge is 0.251 e. The molecule has 3 rings (SSSR count). The maximum atomic E-state index is 13.8. The molecular weight excluding hydrogens is 387 g/mol. The largest absolute Gasteiger partial charge is 0.365 e. The van der Waals surface area contributed by atoms with Gasteiger partial charge in [0, 0.05) is 16.5 Å². The van der Waals surface area contributed by atoms with E-state index in [2.05, 4.69) is 5.32 Å². The molecule has 3 N–H and O–H groups in total. The van der Waals surface area contributed by atoms with Gasteiger partial charge in [0.05, 0.1) is 10.6 Å². The van der Waals surface area contributed by atoms with Gasteiger partial charge >= 0.3 is 0 Å². The van der Waals surface area contributed by atoms with Crippen LogP contribution in [0.3, 0.4) is 0 Å². The molecule has 0 bridgehead atoms. The first-order valence-electron chi connectivity index (χ1n) is 8.84. The van der Waals surface area contributed by atoms with Crippen molar-refractivity contribution in [2.45, 2.75) is 38.5 Å². The van der Waals surface area contributed by atoms with E-state index in [9.17, 15) is 14.0 Å². The number of amides is 2. The van der Waals surface area contributed by atoms with Gasteiger partial charge in [0.2, 0.25) is 5.91 Å². The first-order chi connectivity index (χ1) is 13.0. The van der Waals surface area contributed by atoms with Gasteiger partial charge in [-0.2, -0.15) is 0 Å². The van der Waals surface area contributed by atoms with Crippen LogP contribution in [-0.2, 0) is 17.6 Å². The molecular formula is C20H20ClFN2O2S. The number of rotatable bonds is 4. The molecule has 142 valence electrons.